The Morgan fingerprint density at radius 3 is 2.17 bits per heavy atom. The molecule has 0 amide bonds. The molecule has 0 atom stereocenters. The first-order chi connectivity index (χ1) is 10.8. The minimum absolute atomic E-state index is 0.104. The van der Waals surface area contributed by atoms with Crippen molar-refractivity contribution in [3.8, 4) is 22.9 Å². The lowest BCUT2D eigenvalue weighted by molar-refractivity contribution is 0.582. The van der Waals surface area contributed by atoms with Crippen LogP contribution in [-0.4, -0.2) is 10.2 Å². The maximum absolute atomic E-state index is 6.17. The zero-order valence-electron chi connectivity index (χ0n) is 13.1. The Bertz CT molecular complexity index is 833. The average molecular weight is 347 g/mol. The molecule has 0 unspecified atom stereocenters. The molecule has 0 radical (unpaired) electrons. The monoisotopic (exact) mass is 346 g/mol. The molecule has 2 aromatic carbocycles. The van der Waals surface area contributed by atoms with Crippen molar-refractivity contribution in [3.63, 3.8) is 0 Å². The van der Waals surface area contributed by atoms with E-state index in [-0.39, 0.29) is 5.41 Å². The van der Waals surface area contributed by atoms with Crippen LogP contribution in [0.2, 0.25) is 10.0 Å². The van der Waals surface area contributed by atoms with Crippen molar-refractivity contribution >= 4 is 23.2 Å². The van der Waals surface area contributed by atoms with Gasteiger partial charge in [-0.2, -0.15) is 0 Å². The smallest absolute Gasteiger partial charge is 0.249 e. The highest BCUT2D eigenvalue weighted by atomic mass is 35.5. The van der Waals surface area contributed by atoms with E-state index in [1.807, 2.05) is 12.1 Å². The van der Waals surface area contributed by atoms with E-state index in [0.29, 0.717) is 27.4 Å². The van der Waals surface area contributed by atoms with Crippen LogP contribution in [0.3, 0.4) is 0 Å². The van der Waals surface area contributed by atoms with E-state index >= 15 is 0 Å². The molecular weight excluding hydrogens is 331 g/mol. The molecule has 5 heteroatoms. The fraction of sp³-hybridized carbons (Fsp3) is 0.222. The lowest BCUT2D eigenvalue weighted by Gasteiger charge is -2.18. The maximum atomic E-state index is 6.17. The summed E-state index contributed by atoms with van der Waals surface area (Å²) in [5.74, 6) is 0.809. The second-order valence-corrected chi connectivity index (χ2v) is 7.21. The SMILES string of the molecule is CC(C)(C)c1ccc(-c2nnc(-c3cc(Cl)ccc3Cl)o2)cc1. The van der Waals surface area contributed by atoms with Gasteiger partial charge < -0.3 is 4.42 Å². The third kappa shape index (κ3) is 3.41. The van der Waals surface area contributed by atoms with Crippen molar-refractivity contribution < 1.29 is 4.42 Å². The van der Waals surface area contributed by atoms with Crippen LogP contribution in [0.25, 0.3) is 22.9 Å². The van der Waals surface area contributed by atoms with Gasteiger partial charge in [0.2, 0.25) is 11.8 Å². The Labute approximate surface area is 145 Å². The van der Waals surface area contributed by atoms with E-state index in [4.69, 9.17) is 27.6 Å². The Morgan fingerprint density at radius 1 is 0.870 bits per heavy atom. The topological polar surface area (TPSA) is 38.9 Å². The number of benzene rings is 2. The summed E-state index contributed by atoms with van der Waals surface area (Å²) in [6, 6.07) is 13.3. The van der Waals surface area contributed by atoms with Gasteiger partial charge in [-0.15, -0.1) is 10.2 Å². The van der Waals surface area contributed by atoms with Gasteiger partial charge >= 0.3 is 0 Å². The van der Waals surface area contributed by atoms with Gasteiger partial charge in [-0.1, -0.05) is 56.1 Å². The maximum Gasteiger partial charge on any atom is 0.249 e. The molecule has 3 nitrogen and oxygen atoms in total. The van der Waals surface area contributed by atoms with Gasteiger partial charge in [0, 0.05) is 10.6 Å². The molecule has 3 rings (SSSR count). The van der Waals surface area contributed by atoms with Crippen LogP contribution in [-0.2, 0) is 5.41 Å². The molecule has 0 saturated heterocycles. The summed E-state index contributed by atoms with van der Waals surface area (Å²) in [6.07, 6.45) is 0. The van der Waals surface area contributed by atoms with Crippen LogP contribution < -0.4 is 0 Å². The zero-order valence-corrected chi connectivity index (χ0v) is 14.6. The van der Waals surface area contributed by atoms with Crippen LogP contribution in [0.15, 0.2) is 46.9 Å². The Morgan fingerprint density at radius 2 is 1.52 bits per heavy atom. The normalized spacial score (nSPS) is 11.7. The summed E-state index contributed by atoms with van der Waals surface area (Å²) >= 11 is 12.2. The molecule has 0 spiro atoms. The molecule has 0 fully saturated rings. The zero-order chi connectivity index (χ0) is 16.6. The van der Waals surface area contributed by atoms with Gasteiger partial charge in [0.1, 0.15) is 0 Å². The third-order valence-electron chi connectivity index (χ3n) is 3.58. The van der Waals surface area contributed by atoms with Crippen molar-refractivity contribution in [2.45, 2.75) is 26.2 Å². The van der Waals surface area contributed by atoms with E-state index in [0.717, 1.165) is 5.56 Å². The van der Waals surface area contributed by atoms with Crippen molar-refractivity contribution in [2.24, 2.45) is 0 Å². The predicted octanol–water partition coefficient (Wildman–Crippen LogP) is 6.01. The lowest BCUT2D eigenvalue weighted by Crippen LogP contribution is -2.10. The van der Waals surface area contributed by atoms with Crippen molar-refractivity contribution in [3.05, 3.63) is 58.1 Å². The van der Waals surface area contributed by atoms with Gasteiger partial charge in [0.25, 0.3) is 0 Å². The Balaban J connectivity index is 1.94. The van der Waals surface area contributed by atoms with Crippen LogP contribution in [0.1, 0.15) is 26.3 Å². The molecule has 1 heterocycles. The van der Waals surface area contributed by atoms with E-state index < -0.39 is 0 Å². The summed E-state index contributed by atoms with van der Waals surface area (Å²) in [5.41, 5.74) is 2.85. The molecule has 0 saturated carbocycles. The third-order valence-corrected chi connectivity index (χ3v) is 4.15. The molecule has 118 valence electrons. The molecule has 0 N–H and O–H groups in total. The highest BCUT2D eigenvalue weighted by Gasteiger charge is 2.16. The van der Waals surface area contributed by atoms with Crippen LogP contribution in [0, 0.1) is 0 Å². The second-order valence-electron chi connectivity index (χ2n) is 6.36. The highest BCUT2D eigenvalue weighted by Crippen LogP contribution is 2.32. The van der Waals surface area contributed by atoms with Gasteiger partial charge in [-0.25, -0.2) is 0 Å². The number of rotatable bonds is 2. The molecule has 3 aromatic rings. The fourth-order valence-corrected chi connectivity index (χ4v) is 2.59. The van der Waals surface area contributed by atoms with E-state index in [9.17, 15) is 0 Å². The second kappa shape index (κ2) is 5.99. The molecular formula is C18H16Cl2N2O. The fourth-order valence-electron chi connectivity index (χ4n) is 2.22. The highest BCUT2D eigenvalue weighted by molar-refractivity contribution is 6.35. The first-order valence-corrected chi connectivity index (χ1v) is 8.00. The summed E-state index contributed by atoms with van der Waals surface area (Å²) in [7, 11) is 0. The molecule has 0 aliphatic rings. The quantitative estimate of drug-likeness (QED) is 0.570. The number of hydrogen-bond donors (Lipinski definition) is 0. The lowest BCUT2D eigenvalue weighted by atomic mass is 9.87. The summed E-state index contributed by atoms with van der Waals surface area (Å²) in [6.45, 7) is 6.52. The van der Waals surface area contributed by atoms with E-state index in [1.165, 1.54) is 5.56 Å². The predicted molar refractivity (Wildman–Crippen MR) is 93.9 cm³/mol. The Kier molecular flexibility index (Phi) is 4.17. The first-order valence-electron chi connectivity index (χ1n) is 7.24. The minimum atomic E-state index is 0.104. The summed E-state index contributed by atoms with van der Waals surface area (Å²) < 4.78 is 5.75. The summed E-state index contributed by atoms with van der Waals surface area (Å²) in [4.78, 5) is 0. The number of aromatic nitrogens is 2. The number of hydrogen-bond acceptors (Lipinski definition) is 3. The Hall–Kier alpha value is -1.84. The van der Waals surface area contributed by atoms with Gasteiger partial charge in [0.15, 0.2) is 0 Å². The first kappa shape index (κ1) is 16.0. The van der Waals surface area contributed by atoms with Crippen LogP contribution >= 0.6 is 23.2 Å². The average Bonchev–Trinajstić information content (AvgIpc) is 2.99. The molecule has 0 aliphatic heterocycles. The van der Waals surface area contributed by atoms with Gasteiger partial charge in [-0.05, 0) is 41.3 Å². The van der Waals surface area contributed by atoms with Crippen LogP contribution in [0.5, 0.6) is 0 Å². The van der Waals surface area contributed by atoms with E-state index in [2.05, 4.69) is 43.1 Å². The standard InChI is InChI=1S/C18H16Cl2N2O/c1-18(2,3)12-6-4-11(5-7-12)16-21-22-17(23-16)14-10-13(19)8-9-15(14)20/h4-10H,1-3H3. The molecule has 0 aliphatic carbocycles. The molecule has 1 aromatic heterocycles. The van der Waals surface area contributed by atoms with Crippen molar-refractivity contribution in [1.29, 1.82) is 0 Å². The van der Waals surface area contributed by atoms with Gasteiger partial charge in [0.05, 0.1) is 10.6 Å². The summed E-state index contributed by atoms with van der Waals surface area (Å²) in [5, 5.41) is 9.27. The van der Waals surface area contributed by atoms with E-state index in [1.54, 1.807) is 18.2 Å². The number of nitrogens with zero attached hydrogens (tertiary/aromatic N) is 2. The van der Waals surface area contributed by atoms with Crippen LogP contribution in [0.4, 0.5) is 0 Å². The molecule has 0 bridgehead atoms. The van der Waals surface area contributed by atoms with Gasteiger partial charge in [-0.3, -0.25) is 0 Å². The largest absolute Gasteiger partial charge is 0.416 e. The number of halogens is 2. The molecule has 23 heavy (non-hydrogen) atoms. The van der Waals surface area contributed by atoms with Crippen molar-refractivity contribution in [1.82, 2.24) is 10.2 Å². The minimum Gasteiger partial charge on any atom is -0.416 e. The van der Waals surface area contributed by atoms with Crippen molar-refractivity contribution in [2.75, 3.05) is 0 Å².